The molecule has 1 spiro atoms. The van der Waals surface area contributed by atoms with Gasteiger partial charge in [0.2, 0.25) is 5.91 Å². The molecule has 1 aromatic heterocycles. The van der Waals surface area contributed by atoms with E-state index in [1.807, 2.05) is 18.7 Å². The lowest BCUT2D eigenvalue weighted by molar-refractivity contribution is -0.132. The lowest BCUT2D eigenvalue weighted by Crippen LogP contribution is -2.49. The predicted octanol–water partition coefficient (Wildman–Crippen LogP) is 5.29. The third-order valence-electron chi connectivity index (χ3n) is 10.6. The molecular weight excluding hydrogens is 639 g/mol. The molecule has 0 unspecified atom stereocenters. The molecule has 0 radical (unpaired) electrons. The molecular formula is C35H47FN4O7S. The summed E-state index contributed by atoms with van der Waals surface area (Å²) in [6.07, 6.45) is 7.49. The van der Waals surface area contributed by atoms with Crippen LogP contribution in [0.1, 0.15) is 88.7 Å². The monoisotopic (exact) mass is 686 g/mol. The number of pyridine rings is 1. The maximum absolute atomic E-state index is 13.6. The van der Waals surface area contributed by atoms with Crippen LogP contribution in [0.25, 0.3) is 11.3 Å². The number of hydrogen-bond acceptors (Lipinski definition) is 8. The number of nitrogens with zero attached hydrogens (tertiary/aromatic N) is 3. The van der Waals surface area contributed by atoms with Gasteiger partial charge in [-0.2, -0.15) is 8.42 Å². The minimum absolute atomic E-state index is 0.0130. The van der Waals surface area contributed by atoms with Crippen LogP contribution in [0.5, 0.6) is 5.75 Å². The molecule has 4 aliphatic rings. The van der Waals surface area contributed by atoms with Crippen LogP contribution in [0.2, 0.25) is 0 Å². The SMILES string of the molecule is CCOc1cc(-c2ccc(F)cn2)c(C2CC2)cc1CN1CCC2(CC1)CN(C1CCC(C)(C(=O)NCCCS(=O)(=O)O)CC1)C(=O)O2. The summed E-state index contributed by atoms with van der Waals surface area (Å²) < 4.78 is 56.6. The van der Waals surface area contributed by atoms with Crippen molar-refractivity contribution in [1.29, 1.82) is 0 Å². The number of amides is 2. The van der Waals surface area contributed by atoms with Gasteiger partial charge in [-0.05, 0) is 87.6 Å². The van der Waals surface area contributed by atoms with Gasteiger partial charge < -0.3 is 19.7 Å². The minimum atomic E-state index is -4.05. The molecule has 48 heavy (non-hydrogen) atoms. The molecule has 0 bridgehead atoms. The maximum Gasteiger partial charge on any atom is 0.410 e. The maximum atomic E-state index is 13.6. The first kappa shape index (κ1) is 34.6. The van der Waals surface area contributed by atoms with E-state index in [1.54, 1.807) is 6.07 Å². The van der Waals surface area contributed by atoms with Crippen molar-refractivity contribution < 1.29 is 36.4 Å². The summed E-state index contributed by atoms with van der Waals surface area (Å²) in [6, 6.07) is 7.50. The molecule has 13 heteroatoms. The minimum Gasteiger partial charge on any atom is -0.494 e. The van der Waals surface area contributed by atoms with Crippen LogP contribution >= 0.6 is 0 Å². The highest BCUT2D eigenvalue weighted by atomic mass is 32.2. The molecule has 3 heterocycles. The second-order valence-electron chi connectivity index (χ2n) is 14.3. The van der Waals surface area contributed by atoms with E-state index in [4.69, 9.17) is 14.0 Å². The van der Waals surface area contributed by atoms with Gasteiger partial charge in [-0.1, -0.05) is 6.92 Å². The summed E-state index contributed by atoms with van der Waals surface area (Å²) in [5.41, 5.74) is 3.00. The van der Waals surface area contributed by atoms with Crippen molar-refractivity contribution in [3.8, 4) is 17.0 Å². The second kappa shape index (κ2) is 13.9. The Balaban J connectivity index is 1.04. The molecule has 2 N–H and O–H groups in total. The second-order valence-corrected chi connectivity index (χ2v) is 15.8. The van der Waals surface area contributed by atoms with Crippen LogP contribution in [0.4, 0.5) is 9.18 Å². The largest absolute Gasteiger partial charge is 0.494 e. The Kier molecular flexibility index (Phi) is 10.0. The van der Waals surface area contributed by atoms with Crippen molar-refractivity contribution in [1.82, 2.24) is 20.1 Å². The average Bonchev–Trinajstić information content (AvgIpc) is 3.85. The summed E-state index contributed by atoms with van der Waals surface area (Å²) in [7, 11) is -4.05. The first-order valence-corrected chi connectivity index (χ1v) is 18.8. The van der Waals surface area contributed by atoms with Crippen LogP contribution in [0.3, 0.4) is 0 Å². The number of ether oxygens (including phenoxy) is 2. The molecule has 2 aliphatic carbocycles. The van der Waals surface area contributed by atoms with Crippen molar-refractivity contribution in [2.24, 2.45) is 5.41 Å². The zero-order valence-corrected chi connectivity index (χ0v) is 28.7. The van der Waals surface area contributed by atoms with Crippen molar-refractivity contribution >= 4 is 22.1 Å². The highest BCUT2D eigenvalue weighted by molar-refractivity contribution is 7.85. The lowest BCUT2D eigenvalue weighted by atomic mass is 9.73. The fourth-order valence-electron chi connectivity index (χ4n) is 7.54. The third-order valence-corrected chi connectivity index (χ3v) is 11.4. The molecule has 262 valence electrons. The van der Waals surface area contributed by atoms with E-state index >= 15 is 0 Å². The van der Waals surface area contributed by atoms with E-state index in [2.05, 4.69) is 27.3 Å². The van der Waals surface area contributed by atoms with E-state index in [0.717, 1.165) is 67.9 Å². The van der Waals surface area contributed by atoms with E-state index in [0.29, 0.717) is 44.8 Å². The summed E-state index contributed by atoms with van der Waals surface area (Å²) in [6.45, 7) is 7.44. The average molecular weight is 687 g/mol. The molecule has 2 amide bonds. The Morgan fingerprint density at radius 3 is 2.50 bits per heavy atom. The Labute approximate surface area is 282 Å². The Hall–Kier alpha value is -3.29. The molecule has 11 nitrogen and oxygen atoms in total. The van der Waals surface area contributed by atoms with Crippen LogP contribution in [-0.2, 0) is 26.2 Å². The number of aromatic nitrogens is 1. The summed E-state index contributed by atoms with van der Waals surface area (Å²) in [5.74, 6) is 0.423. The number of hydrogen-bond donors (Lipinski definition) is 2. The van der Waals surface area contributed by atoms with E-state index in [-0.39, 0.29) is 42.6 Å². The lowest BCUT2D eigenvalue weighted by Gasteiger charge is -2.40. The van der Waals surface area contributed by atoms with Gasteiger partial charge in [-0.25, -0.2) is 9.18 Å². The summed E-state index contributed by atoms with van der Waals surface area (Å²) in [4.78, 5) is 34.7. The highest BCUT2D eigenvalue weighted by Gasteiger charge is 2.50. The van der Waals surface area contributed by atoms with Gasteiger partial charge in [0.15, 0.2) is 0 Å². The quantitative estimate of drug-likeness (QED) is 0.225. The van der Waals surface area contributed by atoms with E-state index < -0.39 is 21.1 Å². The highest BCUT2D eigenvalue weighted by Crippen LogP contribution is 2.47. The third kappa shape index (κ3) is 7.94. The molecule has 2 saturated carbocycles. The van der Waals surface area contributed by atoms with Gasteiger partial charge in [0.25, 0.3) is 10.1 Å². The number of benzene rings is 1. The summed E-state index contributed by atoms with van der Waals surface area (Å²) >= 11 is 0. The van der Waals surface area contributed by atoms with E-state index in [9.17, 15) is 22.4 Å². The van der Waals surface area contributed by atoms with Crippen molar-refractivity contribution in [3.63, 3.8) is 0 Å². The van der Waals surface area contributed by atoms with Gasteiger partial charge in [-0.3, -0.25) is 19.2 Å². The molecule has 6 rings (SSSR count). The van der Waals surface area contributed by atoms with Crippen molar-refractivity contribution in [2.75, 3.05) is 38.5 Å². The van der Waals surface area contributed by atoms with Crippen molar-refractivity contribution in [3.05, 3.63) is 47.4 Å². The molecule has 2 aliphatic heterocycles. The fraction of sp³-hybridized carbons (Fsp3) is 0.629. The van der Waals surface area contributed by atoms with Crippen LogP contribution < -0.4 is 10.1 Å². The first-order chi connectivity index (χ1) is 22.9. The normalized spacial score (nSPS) is 24.5. The zero-order chi connectivity index (χ0) is 34.1. The number of carbonyl (C=O) groups is 2. The number of halogens is 1. The van der Waals surface area contributed by atoms with Gasteiger partial charge in [0.1, 0.15) is 17.2 Å². The van der Waals surface area contributed by atoms with Crippen LogP contribution in [0.15, 0.2) is 30.5 Å². The molecule has 4 fully saturated rings. The molecule has 2 aromatic rings. The van der Waals surface area contributed by atoms with Gasteiger partial charge in [-0.15, -0.1) is 0 Å². The molecule has 2 saturated heterocycles. The Morgan fingerprint density at radius 1 is 1.15 bits per heavy atom. The van der Waals surface area contributed by atoms with Gasteiger partial charge in [0.05, 0.1) is 30.8 Å². The zero-order valence-electron chi connectivity index (χ0n) is 27.9. The molecule has 1 aromatic carbocycles. The Bertz CT molecular complexity index is 1600. The van der Waals surface area contributed by atoms with Crippen LogP contribution in [-0.4, -0.2) is 89.9 Å². The number of nitrogens with one attached hydrogen (secondary N) is 1. The number of likely N-dealkylation sites (tertiary alicyclic amines) is 1. The van der Waals surface area contributed by atoms with E-state index in [1.165, 1.54) is 17.8 Å². The molecule has 0 atom stereocenters. The number of rotatable bonds is 12. The predicted molar refractivity (Wildman–Crippen MR) is 178 cm³/mol. The fourth-order valence-corrected chi connectivity index (χ4v) is 8.05. The van der Waals surface area contributed by atoms with Gasteiger partial charge >= 0.3 is 6.09 Å². The summed E-state index contributed by atoms with van der Waals surface area (Å²) in [5, 5.41) is 2.81. The first-order valence-electron chi connectivity index (χ1n) is 17.2. The van der Waals surface area contributed by atoms with Crippen molar-refractivity contribution in [2.45, 2.75) is 95.7 Å². The number of carbonyl (C=O) groups excluding carboxylic acids is 2. The van der Waals surface area contributed by atoms with Crippen LogP contribution in [0, 0.1) is 11.2 Å². The van der Waals surface area contributed by atoms with Gasteiger partial charge in [0, 0.05) is 61.6 Å². The Morgan fingerprint density at radius 2 is 1.88 bits per heavy atom. The topological polar surface area (TPSA) is 138 Å². The smallest absolute Gasteiger partial charge is 0.410 e. The number of piperidine rings is 1. The standard InChI is InChI=1S/C35H47FN4O7S/c1-3-46-31-20-29(30-8-7-26(36)21-38-30)28(24-5-6-24)19-25(31)22-39-16-13-35(14-17-39)23-40(33(42)47-35)27-9-11-34(2,12-10-27)32(41)37-15-4-18-48(43,44)45/h7-8,19-21,24,27H,3-6,9-18,22-23H2,1-2H3,(H,37,41)(H,43,44,45).